The van der Waals surface area contributed by atoms with Crippen molar-refractivity contribution in [2.24, 2.45) is 0 Å². The van der Waals surface area contributed by atoms with E-state index in [0.29, 0.717) is 0 Å². The fourth-order valence-corrected chi connectivity index (χ4v) is 3.87. The van der Waals surface area contributed by atoms with Crippen LogP contribution < -0.4 is 0 Å². The molecule has 0 radical (unpaired) electrons. The van der Waals surface area contributed by atoms with Gasteiger partial charge in [-0.1, -0.05) is 55.4 Å². The first-order valence-electron chi connectivity index (χ1n) is 7.18. The van der Waals surface area contributed by atoms with Gasteiger partial charge in [-0.05, 0) is 41.7 Å². The Kier molecular flexibility index (Phi) is 3.93. The van der Waals surface area contributed by atoms with Crippen LogP contribution in [0.25, 0.3) is 0 Å². The molecule has 1 unspecified atom stereocenters. The molecule has 1 atom stereocenters. The predicted octanol–water partition coefficient (Wildman–Crippen LogP) is 4.82. The summed E-state index contributed by atoms with van der Waals surface area (Å²) in [5.41, 5.74) is 3.67. The highest BCUT2D eigenvalue weighted by Gasteiger charge is 2.25. The van der Waals surface area contributed by atoms with Crippen molar-refractivity contribution in [1.82, 2.24) is 0 Å². The molecule has 2 heteroatoms. The fourth-order valence-electron chi connectivity index (χ4n) is 2.73. The van der Waals surface area contributed by atoms with Gasteiger partial charge in [0.25, 0.3) is 0 Å². The molecule has 0 fully saturated rings. The molecule has 2 aromatic carbocycles. The minimum atomic E-state index is -0.107. The van der Waals surface area contributed by atoms with Crippen molar-refractivity contribution in [3.63, 3.8) is 0 Å². The second kappa shape index (κ2) is 5.84. The number of hydrogen-bond acceptors (Lipinski definition) is 2. The summed E-state index contributed by atoms with van der Waals surface area (Å²) in [6.07, 6.45) is 4.59. The van der Waals surface area contributed by atoms with E-state index < -0.39 is 0 Å². The first-order chi connectivity index (χ1) is 9.83. The van der Waals surface area contributed by atoms with Crippen LogP contribution in [0.3, 0.4) is 0 Å². The quantitative estimate of drug-likeness (QED) is 0.747. The van der Waals surface area contributed by atoms with Gasteiger partial charge in [0.05, 0.1) is 5.92 Å². The molecule has 0 spiro atoms. The Morgan fingerprint density at radius 2 is 1.90 bits per heavy atom. The third kappa shape index (κ3) is 2.40. The van der Waals surface area contributed by atoms with Gasteiger partial charge in [-0.15, -0.1) is 0 Å². The van der Waals surface area contributed by atoms with Crippen LogP contribution in [0.4, 0.5) is 0 Å². The van der Waals surface area contributed by atoms with Crippen molar-refractivity contribution in [3.05, 3.63) is 59.2 Å². The Bertz CT molecular complexity index is 633. The van der Waals surface area contributed by atoms with Crippen LogP contribution in [0.5, 0.6) is 0 Å². The Hall–Kier alpha value is -1.54. The molecule has 20 heavy (non-hydrogen) atoms. The number of benzene rings is 2. The highest BCUT2D eigenvalue weighted by atomic mass is 32.2. The first kappa shape index (κ1) is 13.4. The number of carbonyl (C=O) groups is 1. The van der Waals surface area contributed by atoms with E-state index in [9.17, 15) is 4.79 Å². The van der Waals surface area contributed by atoms with Crippen LogP contribution in [0.15, 0.2) is 52.3 Å². The van der Waals surface area contributed by atoms with Crippen molar-refractivity contribution in [1.29, 1.82) is 0 Å². The van der Waals surface area contributed by atoms with Crippen LogP contribution >= 0.6 is 11.8 Å². The second-order valence-corrected chi connectivity index (χ2v) is 6.31. The van der Waals surface area contributed by atoms with E-state index in [1.165, 1.54) is 33.8 Å². The first-order valence-corrected chi connectivity index (χ1v) is 8.00. The van der Waals surface area contributed by atoms with Crippen molar-refractivity contribution < 1.29 is 4.79 Å². The monoisotopic (exact) mass is 282 g/mol. The Labute approximate surface area is 124 Å². The second-order valence-electron chi connectivity index (χ2n) is 5.23. The number of fused-ring (bicyclic) bond motifs is 2. The Morgan fingerprint density at radius 3 is 2.70 bits per heavy atom. The molecule has 0 saturated carbocycles. The molecule has 0 N–H and O–H groups in total. The Balaban J connectivity index is 2.02. The van der Waals surface area contributed by atoms with Crippen molar-refractivity contribution in [2.75, 3.05) is 0 Å². The zero-order valence-corrected chi connectivity index (χ0v) is 12.5. The van der Waals surface area contributed by atoms with Crippen LogP contribution in [0.1, 0.15) is 42.4 Å². The summed E-state index contributed by atoms with van der Waals surface area (Å²) in [5.74, 6) is -0.107. The zero-order valence-electron chi connectivity index (χ0n) is 11.6. The van der Waals surface area contributed by atoms with Gasteiger partial charge in [-0.2, -0.15) is 0 Å². The highest BCUT2D eigenvalue weighted by Crippen LogP contribution is 2.45. The average Bonchev–Trinajstić information content (AvgIpc) is 2.50. The molecule has 0 saturated heterocycles. The van der Waals surface area contributed by atoms with E-state index in [1.54, 1.807) is 11.8 Å². The normalized spacial score (nSPS) is 16.4. The van der Waals surface area contributed by atoms with Crippen molar-refractivity contribution >= 4 is 18.0 Å². The number of aldehydes is 1. The van der Waals surface area contributed by atoms with E-state index in [0.717, 1.165) is 18.3 Å². The minimum Gasteiger partial charge on any atom is -0.302 e. The van der Waals surface area contributed by atoms with Gasteiger partial charge >= 0.3 is 0 Å². The van der Waals surface area contributed by atoms with Crippen LogP contribution in [0, 0.1) is 0 Å². The molecular weight excluding hydrogens is 264 g/mol. The molecule has 0 aromatic heterocycles. The van der Waals surface area contributed by atoms with Gasteiger partial charge in [-0.25, -0.2) is 0 Å². The smallest absolute Gasteiger partial charge is 0.131 e. The number of hydrogen-bond donors (Lipinski definition) is 0. The van der Waals surface area contributed by atoms with Crippen LogP contribution in [0.2, 0.25) is 0 Å². The number of unbranched alkanes of at least 4 members (excludes halogenated alkanes) is 1. The van der Waals surface area contributed by atoms with Gasteiger partial charge in [0, 0.05) is 9.79 Å². The molecule has 102 valence electrons. The molecule has 1 aliphatic heterocycles. The Morgan fingerprint density at radius 1 is 1.10 bits per heavy atom. The molecule has 2 aromatic rings. The lowest BCUT2D eigenvalue weighted by Gasteiger charge is -2.24. The summed E-state index contributed by atoms with van der Waals surface area (Å²) in [5, 5.41) is 0. The average molecular weight is 282 g/mol. The van der Waals surface area contributed by atoms with E-state index in [-0.39, 0.29) is 5.92 Å². The van der Waals surface area contributed by atoms with Crippen LogP contribution in [-0.4, -0.2) is 6.29 Å². The van der Waals surface area contributed by atoms with E-state index >= 15 is 0 Å². The summed E-state index contributed by atoms with van der Waals surface area (Å²) in [6, 6.07) is 14.8. The maximum absolute atomic E-state index is 11.6. The zero-order chi connectivity index (χ0) is 13.9. The maximum atomic E-state index is 11.6. The predicted molar refractivity (Wildman–Crippen MR) is 83.5 cm³/mol. The fraction of sp³-hybridized carbons (Fsp3) is 0.278. The van der Waals surface area contributed by atoms with E-state index in [2.05, 4.69) is 37.3 Å². The van der Waals surface area contributed by atoms with Crippen molar-refractivity contribution in [2.45, 2.75) is 41.9 Å². The topological polar surface area (TPSA) is 17.1 Å². The van der Waals surface area contributed by atoms with Crippen molar-refractivity contribution in [3.8, 4) is 0 Å². The third-order valence-corrected chi connectivity index (χ3v) is 5.02. The van der Waals surface area contributed by atoms with Gasteiger partial charge in [0.15, 0.2) is 0 Å². The summed E-state index contributed by atoms with van der Waals surface area (Å²) < 4.78 is 0. The summed E-state index contributed by atoms with van der Waals surface area (Å²) >= 11 is 1.78. The number of aryl methyl sites for hydroxylation is 1. The standard InChI is InChI=1S/C18H18OS/c1-2-3-6-13-9-10-18-15(11-13)16(12-19)14-7-4-5-8-17(14)20-18/h4-5,7-12,16H,2-3,6H2,1H3. The molecule has 1 heterocycles. The summed E-state index contributed by atoms with van der Waals surface area (Å²) in [6.45, 7) is 2.21. The van der Waals surface area contributed by atoms with Gasteiger partial charge in [0.2, 0.25) is 0 Å². The van der Waals surface area contributed by atoms with Gasteiger partial charge in [0.1, 0.15) is 6.29 Å². The lowest BCUT2D eigenvalue weighted by atomic mass is 9.90. The molecular formula is C18H18OS. The molecule has 0 bridgehead atoms. The molecule has 3 rings (SSSR count). The lowest BCUT2D eigenvalue weighted by Crippen LogP contribution is -2.10. The molecule has 1 aliphatic rings. The number of carbonyl (C=O) groups excluding carboxylic acids is 1. The molecule has 0 aliphatic carbocycles. The highest BCUT2D eigenvalue weighted by molar-refractivity contribution is 7.99. The van der Waals surface area contributed by atoms with Gasteiger partial charge < -0.3 is 4.79 Å². The molecule has 0 amide bonds. The largest absolute Gasteiger partial charge is 0.302 e. The third-order valence-electron chi connectivity index (χ3n) is 3.84. The summed E-state index contributed by atoms with van der Waals surface area (Å²) in [7, 11) is 0. The lowest BCUT2D eigenvalue weighted by molar-refractivity contribution is -0.108. The van der Waals surface area contributed by atoms with Crippen LogP contribution in [-0.2, 0) is 11.2 Å². The van der Waals surface area contributed by atoms with E-state index in [4.69, 9.17) is 0 Å². The minimum absolute atomic E-state index is 0.107. The molecule has 1 nitrogen and oxygen atoms in total. The maximum Gasteiger partial charge on any atom is 0.131 e. The number of rotatable bonds is 4. The van der Waals surface area contributed by atoms with Gasteiger partial charge in [-0.3, -0.25) is 0 Å². The SMILES string of the molecule is CCCCc1ccc2c(c1)C(C=O)c1ccccc1S2. The van der Waals surface area contributed by atoms with E-state index in [1.807, 2.05) is 12.1 Å². The summed E-state index contributed by atoms with van der Waals surface area (Å²) in [4.78, 5) is 14.0.